The summed E-state index contributed by atoms with van der Waals surface area (Å²) < 4.78 is 26.5. The van der Waals surface area contributed by atoms with Crippen molar-refractivity contribution in [3.05, 3.63) is 47.5 Å². The number of rotatable bonds is 5. The highest BCUT2D eigenvalue weighted by Crippen LogP contribution is 2.18. The molecule has 16 heavy (non-hydrogen) atoms. The molecule has 0 aliphatic rings. The quantitative estimate of drug-likeness (QED) is 0.755. The Bertz CT molecular complexity index is 377. The zero-order valence-corrected chi connectivity index (χ0v) is 9.26. The highest BCUT2D eigenvalue weighted by atomic mass is 19.2. The van der Waals surface area contributed by atoms with E-state index in [1.807, 2.05) is 6.92 Å². The lowest BCUT2D eigenvalue weighted by Crippen LogP contribution is -2.30. The van der Waals surface area contributed by atoms with E-state index in [4.69, 9.17) is 5.73 Å². The largest absolute Gasteiger partial charge is 0.329 e. The second kappa shape index (κ2) is 5.72. The summed E-state index contributed by atoms with van der Waals surface area (Å²) in [6, 6.07) is 3.69. The smallest absolute Gasteiger partial charge is 0.163 e. The van der Waals surface area contributed by atoms with Gasteiger partial charge in [-0.15, -0.1) is 0 Å². The van der Waals surface area contributed by atoms with Gasteiger partial charge in [0, 0.05) is 24.7 Å². The Hall–Kier alpha value is -1.26. The zero-order valence-electron chi connectivity index (χ0n) is 9.26. The molecule has 1 unspecified atom stereocenters. The van der Waals surface area contributed by atoms with Gasteiger partial charge in [-0.05, 0) is 13.0 Å². The van der Waals surface area contributed by atoms with Crippen LogP contribution >= 0.6 is 0 Å². The van der Waals surface area contributed by atoms with Crippen molar-refractivity contribution >= 4 is 0 Å². The van der Waals surface area contributed by atoms with Gasteiger partial charge in [-0.3, -0.25) is 0 Å². The summed E-state index contributed by atoms with van der Waals surface area (Å²) in [5.41, 5.74) is 6.69. The van der Waals surface area contributed by atoms with E-state index in [1.54, 1.807) is 0 Å². The van der Waals surface area contributed by atoms with Crippen LogP contribution in [-0.2, 0) is 0 Å². The van der Waals surface area contributed by atoms with Crippen LogP contribution in [-0.4, -0.2) is 13.1 Å². The zero-order chi connectivity index (χ0) is 12.1. The number of nitrogens with one attached hydrogen (secondary N) is 1. The summed E-state index contributed by atoms with van der Waals surface area (Å²) in [6.45, 7) is 6.30. The maximum atomic E-state index is 13.5. The molecule has 0 aliphatic heterocycles. The van der Waals surface area contributed by atoms with Crippen LogP contribution in [0.25, 0.3) is 0 Å². The molecule has 4 heteroatoms. The van der Waals surface area contributed by atoms with Gasteiger partial charge in [0.15, 0.2) is 11.6 Å². The summed E-state index contributed by atoms with van der Waals surface area (Å²) in [4.78, 5) is 0. The fraction of sp³-hybridized carbons (Fsp3) is 0.333. The van der Waals surface area contributed by atoms with Crippen LogP contribution in [0.1, 0.15) is 18.5 Å². The van der Waals surface area contributed by atoms with Gasteiger partial charge in [0.1, 0.15) is 0 Å². The standard InChI is InChI=1S/C12H16F2N2/c1-8(2)7-16-11(6-15)9-4-3-5-10(13)12(9)14/h3-5,11,16H,1,6-7,15H2,2H3. The molecule has 0 spiro atoms. The lowest BCUT2D eigenvalue weighted by molar-refractivity contribution is 0.470. The summed E-state index contributed by atoms with van der Waals surface area (Å²) >= 11 is 0. The van der Waals surface area contributed by atoms with E-state index in [-0.39, 0.29) is 12.1 Å². The molecule has 2 nitrogen and oxygen atoms in total. The minimum atomic E-state index is -0.854. The molecular formula is C12H16F2N2. The predicted molar refractivity (Wildman–Crippen MR) is 61.0 cm³/mol. The van der Waals surface area contributed by atoms with Gasteiger partial charge in [0.2, 0.25) is 0 Å². The first-order valence-corrected chi connectivity index (χ1v) is 5.08. The van der Waals surface area contributed by atoms with Gasteiger partial charge < -0.3 is 11.1 Å². The van der Waals surface area contributed by atoms with Crippen molar-refractivity contribution in [3.63, 3.8) is 0 Å². The van der Waals surface area contributed by atoms with Crippen LogP contribution in [0.3, 0.4) is 0 Å². The van der Waals surface area contributed by atoms with Gasteiger partial charge in [-0.25, -0.2) is 8.78 Å². The summed E-state index contributed by atoms with van der Waals surface area (Å²) in [5.74, 6) is -1.69. The predicted octanol–water partition coefficient (Wildman–Crippen LogP) is 2.13. The molecule has 0 amide bonds. The molecule has 3 N–H and O–H groups in total. The Balaban J connectivity index is 2.86. The highest BCUT2D eigenvalue weighted by Gasteiger charge is 2.16. The number of hydrogen-bond acceptors (Lipinski definition) is 2. The van der Waals surface area contributed by atoms with E-state index >= 15 is 0 Å². The third kappa shape index (κ3) is 3.12. The Kier molecular flexibility index (Phi) is 4.58. The molecule has 0 bridgehead atoms. The van der Waals surface area contributed by atoms with Crippen LogP contribution < -0.4 is 11.1 Å². The highest BCUT2D eigenvalue weighted by molar-refractivity contribution is 5.23. The lowest BCUT2D eigenvalue weighted by atomic mass is 10.1. The average Bonchev–Trinajstić information content (AvgIpc) is 2.24. The van der Waals surface area contributed by atoms with E-state index in [0.29, 0.717) is 6.54 Å². The Labute approximate surface area is 94.2 Å². The van der Waals surface area contributed by atoms with Gasteiger partial charge in [0.05, 0.1) is 0 Å². The van der Waals surface area contributed by atoms with E-state index in [9.17, 15) is 8.78 Å². The molecule has 1 atom stereocenters. The molecule has 0 radical (unpaired) electrons. The number of nitrogens with two attached hydrogens (primary N) is 1. The van der Waals surface area contributed by atoms with Crippen LogP contribution in [0.2, 0.25) is 0 Å². The first kappa shape index (κ1) is 12.8. The van der Waals surface area contributed by atoms with Crippen molar-refractivity contribution in [3.8, 4) is 0 Å². The molecule has 0 saturated carbocycles. The molecule has 0 fully saturated rings. The monoisotopic (exact) mass is 226 g/mol. The summed E-state index contributed by atoms with van der Waals surface area (Å²) in [7, 11) is 0. The van der Waals surface area contributed by atoms with Crippen molar-refractivity contribution in [1.29, 1.82) is 0 Å². The molecular weight excluding hydrogens is 210 g/mol. The van der Waals surface area contributed by atoms with Crippen LogP contribution in [0.15, 0.2) is 30.4 Å². The van der Waals surface area contributed by atoms with Crippen molar-refractivity contribution in [2.75, 3.05) is 13.1 Å². The normalized spacial score (nSPS) is 12.5. The second-order valence-electron chi connectivity index (χ2n) is 3.77. The average molecular weight is 226 g/mol. The van der Waals surface area contributed by atoms with E-state index in [2.05, 4.69) is 11.9 Å². The van der Waals surface area contributed by atoms with Gasteiger partial charge in [-0.1, -0.05) is 24.3 Å². The van der Waals surface area contributed by atoms with E-state index in [0.717, 1.165) is 11.6 Å². The van der Waals surface area contributed by atoms with Crippen LogP contribution in [0.5, 0.6) is 0 Å². The topological polar surface area (TPSA) is 38.0 Å². The SMILES string of the molecule is C=C(C)CNC(CN)c1cccc(F)c1F. The number of benzene rings is 1. The molecule has 1 rings (SSSR count). The number of halogens is 2. The summed E-state index contributed by atoms with van der Waals surface area (Å²) in [6.07, 6.45) is 0. The fourth-order valence-electron chi connectivity index (χ4n) is 1.41. The van der Waals surface area contributed by atoms with Crippen LogP contribution in [0.4, 0.5) is 8.78 Å². The van der Waals surface area contributed by atoms with Gasteiger partial charge >= 0.3 is 0 Å². The Morgan fingerprint density at radius 3 is 2.75 bits per heavy atom. The number of hydrogen-bond donors (Lipinski definition) is 2. The molecule has 0 saturated heterocycles. The van der Waals surface area contributed by atoms with E-state index < -0.39 is 17.7 Å². The third-order valence-corrected chi connectivity index (χ3v) is 2.24. The Morgan fingerprint density at radius 1 is 1.50 bits per heavy atom. The van der Waals surface area contributed by atoms with Crippen molar-refractivity contribution in [1.82, 2.24) is 5.32 Å². The minimum Gasteiger partial charge on any atom is -0.329 e. The maximum absolute atomic E-state index is 13.5. The lowest BCUT2D eigenvalue weighted by Gasteiger charge is -2.18. The molecule has 1 aromatic rings. The van der Waals surface area contributed by atoms with Crippen molar-refractivity contribution in [2.24, 2.45) is 5.73 Å². The molecule has 88 valence electrons. The minimum absolute atomic E-state index is 0.202. The molecule has 0 aromatic heterocycles. The van der Waals surface area contributed by atoms with Crippen molar-refractivity contribution in [2.45, 2.75) is 13.0 Å². The first-order chi connectivity index (χ1) is 7.56. The van der Waals surface area contributed by atoms with Gasteiger partial charge in [0.25, 0.3) is 0 Å². The molecule has 0 aliphatic carbocycles. The fourth-order valence-corrected chi connectivity index (χ4v) is 1.41. The molecule has 1 aromatic carbocycles. The van der Waals surface area contributed by atoms with E-state index in [1.165, 1.54) is 12.1 Å². The second-order valence-corrected chi connectivity index (χ2v) is 3.77. The Morgan fingerprint density at radius 2 is 2.19 bits per heavy atom. The molecule has 0 heterocycles. The van der Waals surface area contributed by atoms with Gasteiger partial charge in [-0.2, -0.15) is 0 Å². The summed E-state index contributed by atoms with van der Waals surface area (Å²) in [5, 5.41) is 3.02. The first-order valence-electron chi connectivity index (χ1n) is 5.08. The maximum Gasteiger partial charge on any atom is 0.163 e. The van der Waals surface area contributed by atoms with Crippen molar-refractivity contribution < 1.29 is 8.78 Å². The third-order valence-electron chi connectivity index (χ3n) is 2.24. The van der Waals surface area contributed by atoms with Crippen LogP contribution in [0, 0.1) is 11.6 Å².